The predicted octanol–water partition coefficient (Wildman–Crippen LogP) is 7.53. The van der Waals surface area contributed by atoms with Gasteiger partial charge in [0.2, 0.25) is 0 Å². The number of thiophene rings is 1. The van der Waals surface area contributed by atoms with Crippen molar-refractivity contribution >= 4 is 69.5 Å². The first-order chi connectivity index (χ1) is 17.4. The van der Waals surface area contributed by atoms with Crippen LogP contribution in [0.25, 0.3) is 16.2 Å². The van der Waals surface area contributed by atoms with Crippen LogP contribution in [0.1, 0.15) is 50.1 Å². The molecule has 3 nitrogen and oxygen atoms in total. The Morgan fingerprint density at radius 3 is 2.36 bits per heavy atom. The van der Waals surface area contributed by atoms with Gasteiger partial charge in [-0.2, -0.15) is 0 Å². The summed E-state index contributed by atoms with van der Waals surface area (Å²) >= 11 is 1.54. The Morgan fingerprint density at radius 2 is 1.56 bits per heavy atom. The third kappa shape index (κ3) is 3.04. The van der Waals surface area contributed by atoms with Crippen LogP contribution in [0.4, 0.5) is 15.9 Å². The van der Waals surface area contributed by atoms with E-state index in [9.17, 15) is 9.59 Å². The summed E-state index contributed by atoms with van der Waals surface area (Å²) in [6.45, 7) is 4.53. The van der Waals surface area contributed by atoms with Gasteiger partial charge in [-0.15, -0.1) is 0 Å². The van der Waals surface area contributed by atoms with E-state index in [1.807, 2.05) is 35.7 Å². The van der Waals surface area contributed by atoms with Gasteiger partial charge in [0.1, 0.15) is 0 Å². The van der Waals surface area contributed by atoms with Crippen molar-refractivity contribution in [1.29, 1.82) is 0 Å². The molecule has 3 heterocycles. The number of allylic oxidation sites excluding steroid dienone is 1. The Hall–Kier alpha value is -3.50. The standard InChI is InChI=1S/C31H21NO2SSe/c1-31(2)24-10-6-7-11-26(24)32(19-8-4-3-5-9-19)30-25(31)16-20(36-30)15-23-28(33)21-14-18-12-13-35-27(18)17-22(21)29(23)34/h3-17H,1-2H3/b23-15-. The van der Waals surface area contributed by atoms with Crippen molar-refractivity contribution in [3.8, 4) is 0 Å². The fourth-order valence-corrected chi connectivity index (χ4v) is 8.95. The number of carbonyl (C=O) groups is 2. The molecule has 0 N–H and O–H groups in total. The summed E-state index contributed by atoms with van der Waals surface area (Å²) in [7, 11) is 0. The number of fused-ring (bicyclic) bond motifs is 4. The molecular formula is C31H21NO2SSe. The molecule has 2 aliphatic rings. The van der Waals surface area contributed by atoms with E-state index in [4.69, 9.17) is 0 Å². The molecule has 174 valence electrons. The van der Waals surface area contributed by atoms with Crippen molar-refractivity contribution in [3.63, 3.8) is 0 Å². The number of hydrogen-bond acceptors (Lipinski definition) is 4. The average Bonchev–Trinajstić information content (AvgIpc) is 3.58. The number of hydrogen-bond donors (Lipinski definition) is 0. The zero-order chi connectivity index (χ0) is 24.6. The Labute approximate surface area is 219 Å². The molecule has 3 aromatic carbocycles. The van der Waals surface area contributed by atoms with Crippen LogP contribution < -0.4 is 4.90 Å². The summed E-state index contributed by atoms with van der Waals surface area (Å²) in [5, 5.41) is 3.01. The summed E-state index contributed by atoms with van der Waals surface area (Å²) in [6, 6.07) is 27.0. The van der Waals surface area contributed by atoms with Gasteiger partial charge in [-0.05, 0) is 0 Å². The van der Waals surface area contributed by atoms with Gasteiger partial charge < -0.3 is 0 Å². The molecule has 36 heavy (non-hydrogen) atoms. The van der Waals surface area contributed by atoms with Gasteiger partial charge in [-0.25, -0.2) is 0 Å². The van der Waals surface area contributed by atoms with Crippen LogP contribution in [0.3, 0.4) is 0 Å². The van der Waals surface area contributed by atoms with Crippen molar-refractivity contribution in [1.82, 2.24) is 0 Å². The second-order valence-electron chi connectivity index (χ2n) is 9.75. The molecule has 5 heteroatoms. The van der Waals surface area contributed by atoms with Crippen molar-refractivity contribution in [2.24, 2.45) is 0 Å². The van der Waals surface area contributed by atoms with Crippen LogP contribution in [0, 0.1) is 0 Å². The van der Waals surface area contributed by atoms with Crippen LogP contribution in [0.2, 0.25) is 0 Å². The van der Waals surface area contributed by atoms with E-state index in [-0.39, 0.29) is 37.1 Å². The molecule has 1 aliphatic carbocycles. The molecular weight excluding hydrogens is 529 g/mol. The molecule has 0 fully saturated rings. The van der Waals surface area contributed by atoms with E-state index >= 15 is 0 Å². The predicted molar refractivity (Wildman–Crippen MR) is 149 cm³/mol. The number of nitrogens with zero attached hydrogens (tertiary/aromatic N) is 1. The third-order valence-corrected chi connectivity index (χ3v) is 10.4. The number of anilines is 3. The molecule has 0 spiro atoms. The molecule has 0 amide bonds. The van der Waals surface area contributed by atoms with Gasteiger partial charge in [0.25, 0.3) is 0 Å². The molecule has 0 bridgehead atoms. The minimum atomic E-state index is -0.184. The number of para-hydroxylation sites is 2. The fraction of sp³-hybridized carbons (Fsp3) is 0.0968. The van der Waals surface area contributed by atoms with Crippen molar-refractivity contribution in [2.45, 2.75) is 19.3 Å². The first-order valence-corrected chi connectivity index (χ1v) is 14.4. The Kier molecular flexibility index (Phi) is 4.68. The van der Waals surface area contributed by atoms with Gasteiger partial charge in [0.15, 0.2) is 0 Å². The van der Waals surface area contributed by atoms with Crippen LogP contribution >= 0.6 is 11.3 Å². The topological polar surface area (TPSA) is 37.4 Å². The fourth-order valence-electron chi connectivity index (χ4n) is 5.42. The maximum absolute atomic E-state index is 13.3. The number of benzene rings is 3. The summed E-state index contributed by atoms with van der Waals surface area (Å²) in [4.78, 5) is 29.0. The first kappa shape index (κ1) is 21.8. The Bertz CT molecular complexity index is 1700. The quantitative estimate of drug-likeness (QED) is 0.130. The number of rotatable bonds is 2. The number of Topliss-reactive ketones (excluding diaryl/α,β-unsaturated/α-hetero) is 2. The summed E-state index contributed by atoms with van der Waals surface area (Å²) < 4.78 is 3.36. The number of carbonyl (C=O) groups excluding carboxylic acids is 2. The van der Waals surface area contributed by atoms with Gasteiger partial charge in [-0.1, -0.05) is 0 Å². The molecule has 5 aromatic rings. The SMILES string of the molecule is CC1(C)c2ccccc2N(c2ccccc2)c2[se]c(/C=C3/C(=O)c4cc5ccsc5cc4C3=O)cc21. The van der Waals surface area contributed by atoms with Gasteiger partial charge in [-0.3, -0.25) is 0 Å². The minimum absolute atomic E-state index is 0.0569. The van der Waals surface area contributed by atoms with Crippen molar-refractivity contribution < 1.29 is 9.59 Å². The van der Waals surface area contributed by atoms with E-state index in [1.54, 1.807) is 11.3 Å². The number of ketones is 2. The first-order valence-electron chi connectivity index (χ1n) is 11.8. The normalized spacial score (nSPS) is 16.9. The van der Waals surface area contributed by atoms with Crippen LogP contribution in [0.5, 0.6) is 0 Å². The van der Waals surface area contributed by atoms with E-state index < -0.39 is 0 Å². The van der Waals surface area contributed by atoms with E-state index in [0.29, 0.717) is 11.1 Å². The van der Waals surface area contributed by atoms with Crippen LogP contribution in [-0.2, 0) is 5.41 Å². The molecule has 1 aliphatic heterocycles. The van der Waals surface area contributed by atoms with Gasteiger partial charge >= 0.3 is 220 Å². The van der Waals surface area contributed by atoms with E-state index in [0.717, 1.165) is 20.2 Å². The van der Waals surface area contributed by atoms with Gasteiger partial charge in [0.05, 0.1) is 0 Å². The molecule has 0 atom stereocenters. The second-order valence-corrected chi connectivity index (χ2v) is 12.9. The van der Waals surface area contributed by atoms with E-state index in [2.05, 4.69) is 73.3 Å². The van der Waals surface area contributed by atoms with Crippen LogP contribution in [0.15, 0.2) is 89.8 Å². The van der Waals surface area contributed by atoms with Crippen LogP contribution in [-0.4, -0.2) is 26.1 Å². The van der Waals surface area contributed by atoms with Crippen molar-refractivity contribution in [3.05, 3.63) is 117 Å². The Morgan fingerprint density at radius 1 is 0.833 bits per heavy atom. The van der Waals surface area contributed by atoms with E-state index in [1.165, 1.54) is 21.4 Å². The van der Waals surface area contributed by atoms with Crippen molar-refractivity contribution in [2.75, 3.05) is 4.90 Å². The monoisotopic (exact) mass is 551 g/mol. The molecule has 0 unspecified atom stereocenters. The third-order valence-electron chi connectivity index (χ3n) is 7.30. The summed E-state index contributed by atoms with van der Waals surface area (Å²) in [5.74, 6) is -0.318. The average molecular weight is 551 g/mol. The molecule has 7 rings (SSSR count). The molecule has 0 saturated carbocycles. The van der Waals surface area contributed by atoms with Gasteiger partial charge in [0, 0.05) is 0 Å². The Balaban J connectivity index is 1.39. The maximum atomic E-state index is 13.3. The second kappa shape index (κ2) is 7.75. The summed E-state index contributed by atoms with van der Waals surface area (Å²) in [5.41, 5.74) is 6.01. The summed E-state index contributed by atoms with van der Waals surface area (Å²) in [6.07, 6.45) is 1.86. The molecule has 2 aromatic heterocycles. The zero-order valence-electron chi connectivity index (χ0n) is 19.7. The molecule has 0 radical (unpaired) electrons. The zero-order valence-corrected chi connectivity index (χ0v) is 22.3. The molecule has 0 saturated heterocycles.